The molecule has 104 valence electrons. The molecule has 0 unspecified atom stereocenters. The summed E-state index contributed by atoms with van der Waals surface area (Å²) in [6.45, 7) is 7.81. The highest BCUT2D eigenvalue weighted by atomic mass is 16.1. The van der Waals surface area contributed by atoms with E-state index in [1.165, 1.54) is 5.69 Å². The van der Waals surface area contributed by atoms with Crippen LogP contribution in [0.1, 0.15) is 13.3 Å². The highest BCUT2D eigenvalue weighted by Gasteiger charge is 2.16. The molecule has 0 bridgehead atoms. The predicted octanol–water partition coefficient (Wildman–Crippen LogP) is 1.33. The van der Waals surface area contributed by atoms with E-state index in [2.05, 4.69) is 45.4 Å². The molecule has 1 fully saturated rings. The first-order valence-electron chi connectivity index (χ1n) is 7.02. The van der Waals surface area contributed by atoms with E-state index in [9.17, 15) is 4.79 Å². The van der Waals surface area contributed by atoms with Gasteiger partial charge in [0.05, 0.1) is 0 Å². The third-order valence-corrected chi connectivity index (χ3v) is 3.52. The lowest BCUT2D eigenvalue weighted by atomic mass is 10.2. The Morgan fingerprint density at radius 1 is 1.16 bits per heavy atom. The second kappa shape index (κ2) is 7.14. The van der Waals surface area contributed by atoms with Gasteiger partial charge in [0.2, 0.25) is 5.91 Å². The normalized spacial score (nSPS) is 16.4. The van der Waals surface area contributed by atoms with Crippen molar-refractivity contribution < 1.29 is 4.79 Å². The lowest BCUT2D eigenvalue weighted by Gasteiger charge is -2.36. The fraction of sp³-hybridized carbons (Fsp3) is 0.533. The number of para-hydroxylation sites is 1. The Morgan fingerprint density at radius 2 is 1.84 bits per heavy atom. The minimum atomic E-state index is 0.0638. The van der Waals surface area contributed by atoms with Crippen molar-refractivity contribution in [2.45, 2.75) is 13.3 Å². The monoisotopic (exact) mass is 261 g/mol. The molecule has 19 heavy (non-hydrogen) atoms. The van der Waals surface area contributed by atoms with Crippen LogP contribution in [0.5, 0.6) is 0 Å². The summed E-state index contributed by atoms with van der Waals surface area (Å²) in [5, 5.41) is 2.84. The van der Waals surface area contributed by atoms with Crippen molar-refractivity contribution in [2.75, 3.05) is 44.2 Å². The van der Waals surface area contributed by atoms with Crippen LogP contribution in [0.15, 0.2) is 30.3 Å². The number of anilines is 1. The fourth-order valence-electron chi connectivity index (χ4n) is 2.44. The van der Waals surface area contributed by atoms with E-state index in [1.807, 2.05) is 0 Å². The van der Waals surface area contributed by atoms with Gasteiger partial charge in [-0.2, -0.15) is 0 Å². The maximum atomic E-state index is 10.8. The van der Waals surface area contributed by atoms with Crippen LogP contribution >= 0.6 is 0 Å². The number of benzene rings is 1. The molecule has 1 heterocycles. The fourth-order valence-corrected chi connectivity index (χ4v) is 2.44. The van der Waals surface area contributed by atoms with Crippen molar-refractivity contribution >= 4 is 11.6 Å². The number of carbonyl (C=O) groups excluding carboxylic acids is 1. The van der Waals surface area contributed by atoms with Crippen LogP contribution in [0.4, 0.5) is 5.69 Å². The summed E-state index contributed by atoms with van der Waals surface area (Å²) in [7, 11) is 0. The van der Waals surface area contributed by atoms with Gasteiger partial charge in [-0.1, -0.05) is 18.2 Å². The lowest BCUT2D eigenvalue weighted by molar-refractivity contribution is -0.118. The first-order valence-corrected chi connectivity index (χ1v) is 7.02. The number of nitrogens with zero attached hydrogens (tertiary/aromatic N) is 2. The molecule has 1 aromatic carbocycles. The third-order valence-electron chi connectivity index (χ3n) is 3.52. The molecule has 1 aliphatic heterocycles. The van der Waals surface area contributed by atoms with Crippen LogP contribution in [-0.2, 0) is 4.79 Å². The van der Waals surface area contributed by atoms with E-state index in [0.717, 1.165) is 45.7 Å². The van der Waals surface area contributed by atoms with Crippen molar-refractivity contribution in [3.05, 3.63) is 30.3 Å². The molecule has 1 N–H and O–H groups in total. The molecule has 4 heteroatoms. The van der Waals surface area contributed by atoms with E-state index in [0.29, 0.717) is 0 Å². The number of hydrogen-bond donors (Lipinski definition) is 1. The average Bonchev–Trinajstić information content (AvgIpc) is 2.45. The zero-order valence-electron chi connectivity index (χ0n) is 11.6. The summed E-state index contributed by atoms with van der Waals surface area (Å²) >= 11 is 0. The second-order valence-electron chi connectivity index (χ2n) is 5.00. The molecule has 0 aliphatic carbocycles. The van der Waals surface area contributed by atoms with E-state index in [-0.39, 0.29) is 5.91 Å². The third kappa shape index (κ3) is 4.56. The molecule has 4 nitrogen and oxygen atoms in total. The summed E-state index contributed by atoms with van der Waals surface area (Å²) in [6.07, 6.45) is 1.03. The number of hydrogen-bond acceptors (Lipinski definition) is 3. The van der Waals surface area contributed by atoms with Gasteiger partial charge in [0, 0.05) is 45.3 Å². The molecule has 0 atom stereocenters. The minimum absolute atomic E-state index is 0.0638. The number of nitrogens with one attached hydrogen (secondary N) is 1. The molecule has 1 aromatic rings. The van der Waals surface area contributed by atoms with Crippen molar-refractivity contribution in [1.82, 2.24) is 10.2 Å². The van der Waals surface area contributed by atoms with Crippen molar-refractivity contribution in [3.8, 4) is 0 Å². The minimum Gasteiger partial charge on any atom is -0.369 e. The average molecular weight is 261 g/mol. The van der Waals surface area contributed by atoms with Crippen molar-refractivity contribution in [1.29, 1.82) is 0 Å². The van der Waals surface area contributed by atoms with Gasteiger partial charge in [0.1, 0.15) is 0 Å². The summed E-state index contributed by atoms with van der Waals surface area (Å²) < 4.78 is 0. The Labute approximate surface area is 115 Å². The van der Waals surface area contributed by atoms with Gasteiger partial charge in [0.15, 0.2) is 0 Å². The van der Waals surface area contributed by atoms with E-state index in [1.54, 1.807) is 6.92 Å². The number of carbonyl (C=O) groups is 1. The Morgan fingerprint density at radius 3 is 2.47 bits per heavy atom. The Balaban J connectivity index is 1.67. The molecule has 1 aliphatic rings. The summed E-state index contributed by atoms with van der Waals surface area (Å²) in [4.78, 5) is 15.7. The SMILES string of the molecule is CC(=O)NCCCN1CCN(c2ccccc2)CC1. The molecule has 0 saturated carbocycles. The molecular formula is C15H23N3O. The quantitative estimate of drug-likeness (QED) is 0.812. The molecule has 0 spiro atoms. The van der Waals surface area contributed by atoms with Gasteiger partial charge in [0.25, 0.3) is 0 Å². The van der Waals surface area contributed by atoms with Gasteiger partial charge in [-0.25, -0.2) is 0 Å². The van der Waals surface area contributed by atoms with Crippen LogP contribution in [0, 0.1) is 0 Å². The van der Waals surface area contributed by atoms with Crippen LogP contribution in [0.2, 0.25) is 0 Å². The van der Waals surface area contributed by atoms with Crippen LogP contribution in [-0.4, -0.2) is 50.1 Å². The lowest BCUT2D eigenvalue weighted by Crippen LogP contribution is -2.47. The van der Waals surface area contributed by atoms with E-state index < -0.39 is 0 Å². The van der Waals surface area contributed by atoms with Crippen molar-refractivity contribution in [2.24, 2.45) is 0 Å². The zero-order valence-corrected chi connectivity index (χ0v) is 11.6. The highest BCUT2D eigenvalue weighted by molar-refractivity contribution is 5.72. The maximum absolute atomic E-state index is 10.8. The summed E-state index contributed by atoms with van der Waals surface area (Å²) in [5.41, 5.74) is 1.32. The van der Waals surface area contributed by atoms with Crippen LogP contribution < -0.4 is 10.2 Å². The molecule has 0 radical (unpaired) electrons. The molecule has 1 saturated heterocycles. The Bertz CT molecular complexity index is 386. The van der Waals surface area contributed by atoms with Crippen LogP contribution in [0.25, 0.3) is 0 Å². The Kier molecular flexibility index (Phi) is 5.21. The van der Waals surface area contributed by atoms with Gasteiger partial charge < -0.3 is 10.2 Å². The largest absolute Gasteiger partial charge is 0.369 e. The van der Waals surface area contributed by atoms with Crippen molar-refractivity contribution in [3.63, 3.8) is 0 Å². The van der Waals surface area contributed by atoms with Gasteiger partial charge in [-0.3, -0.25) is 9.69 Å². The van der Waals surface area contributed by atoms with Gasteiger partial charge >= 0.3 is 0 Å². The number of amides is 1. The Hall–Kier alpha value is -1.55. The zero-order chi connectivity index (χ0) is 13.5. The second-order valence-corrected chi connectivity index (χ2v) is 5.00. The molecular weight excluding hydrogens is 238 g/mol. The van der Waals surface area contributed by atoms with E-state index in [4.69, 9.17) is 0 Å². The molecule has 0 aromatic heterocycles. The van der Waals surface area contributed by atoms with E-state index >= 15 is 0 Å². The standard InChI is InChI=1S/C15H23N3O/c1-14(19)16-8-5-9-17-10-12-18(13-11-17)15-6-3-2-4-7-15/h2-4,6-7H,5,8-13H2,1H3,(H,16,19). The molecule has 1 amide bonds. The maximum Gasteiger partial charge on any atom is 0.216 e. The first-order chi connectivity index (χ1) is 9.25. The topological polar surface area (TPSA) is 35.6 Å². The summed E-state index contributed by atoms with van der Waals surface area (Å²) in [6, 6.07) is 10.6. The predicted molar refractivity (Wildman–Crippen MR) is 78.4 cm³/mol. The number of piperazine rings is 1. The van der Waals surface area contributed by atoms with Gasteiger partial charge in [-0.05, 0) is 25.1 Å². The van der Waals surface area contributed by atoms with Crippen LogP contribution in [0.3, 0.4) is 0 Å². The number of rotatable bonds is 5. The molecule has 2 rings (SSSR count). The summed E-state index contributed by atoms with van der Waals surface area (Å²) in [5.74, 6) is 0.0638. The first kappa shape index (κ1) is 13.9. The smallest absolute Gasteiger partial charge is 0.216 e. The highest BCUT2D eigenvalue weighted by Crippen LogP contribution is 2.15. The van der Waals surface area contributed by atoms with Gasteiger partial charge in [-0.15, -0.1) is 0 Å².